The van der Waals surface area contributed by atoms with Crippen LogP contribution in [0.4, 0.5) is 0 Å². The molecule has 11 rings (SSSR count). The Morgan fingerprint density at radius 2 is 0.698 bits per heavy atom. The van der Waals surface area contributed by atoms with E-state index in [0.717, 1.165) is 55.4 Å². The zero-order valence-corrected chi connectivity index (χ0v) is 35.1. The number of pyridine rings is 1. The zero-order chi connectivity index (χ0) is 42.0. The van der Waals surface area contributed by atoms with E-state index in [1.807, 2.05) is 30.3 Å². The topological polar surface area (TPSA) is 51.6 Å². The third kappa shape index (κ3) is 7.59. The second-order valence-corrected chi connectivity index (χ2v) is 17.7. The molecule has 0 fully saturated rings. The zero-order valence-electron chi connectivity index (χ0n) is 34.3. The van der Waals surface area contributed by atoms with Crippen LogP contribution in [-0.2, 0) is 0 Å². The van der Waals surface area contributed by atoms with Crippen LogP contribution in [0, 0.1) is 0 Å². The summed E-state index contributed by atoms with van der Waals surface area (Å²) in [6, 6.07) is 83.3. The quantitative estimate of drug-likeness (QED) is 0.107. The molecule has 63 heavy (non-hydrogen) atoms. The number of fused-ring (bicyclic) bond motifs is 3. The normalized spacial score (nSPS) is 11.3. The van der Waals surface area contributed by atoms with Crippen molar-refractivity contribution >= 4 is 45.5 Å². The van der Waals surface area contributed by atoms with Crippen molar-refractivity contribution in [3.8, 4) is 67.7 Å². The Hall–Kier alpha value is -7.91. The summed E-state index contributed by atoms with van der Waals surface area (Å²) >= 11 is 0. The number of nitrogens with zero attached hydrogens (tertiary/aromatic N) is 4. The largest absolute Gasteiger partial charge is 0.247 e. The highest BCUT2D eigenvalue weighted by Crippen LogP contribution is 2.40. The van der Waals surface area contributed by atoms with Gasteiger partial charge in [-0.1, -0.05) is 231 Å². The van der Waals surface area contributed by atoms with Gasteiger partial charge in [0.2, 0.25) is 0 Å². The molecule has 0 spiro atoms. The van der Waals surface area contributed by atoms with Gasteiger partial charge in [0.1, 0.15) is 0 Å². The minimum Gasteiger partial charge on any atom is -0.247 e. The molecule has 0 unspecified atom stereocenters. The van der Waals surface area contributed by atoms with E-state index < -0.39 is 7.92 Å². The molecule has 0 saturated carbocycles. The van der Waals surface area contributed by atoms with Crippen LogP contribution in [0.15, 0.2) is 237 Å². The number of aromatic nitrogens is 4. The Labute approximate surface area is 368 Å². The number of hydrogen-bond acceptors (Lipinski definition) is 4. The molecular weight excluding hydrogens is 784 g/mol. The van der Waals surface area contributed by atoms with Gasteiger partial charge < -0.3 is 0 Å². The lowest BCUT2D eigenvalue weighted by Gasteiger charge is -2.19. The Balaban J connectivity index is 0.974. The highest BCUT2D eigenvalue weighted by molar-refractivity contribution is 7.79. The first-order valence-electron chi connectivity index (χ1n) is 21.1. The van der Waals surface area contributed by atoms with E-state index in [2.05, 4.69) is 206 Å². The van der Waals surface area contributed by atoms with Gasteiger partial charge in [-0.15, -0.1) is 0 Å². The maximum Gasteiger partial charge on any atom is 0.164 e. The number of hydrogen-bond donors (Lipinski definition) is 0. The molecule has 0 bridgehead atoms. The fourth-order valence-electron chi connectivity index (χ4n) is 8.43. The smallest absolute Gasteiger partial charge is 0.164 e. The molecule has 0 saturated heterocycles. The van der Waals surface area contributed by atoms with E-state index in [1.54, 1.807) is 0 Å². The van der Waals surface area contributed by atoms with Crippen LogP contribution in [0.25, 0.3) is 89.4 Å². The van der Waals surface area contributed by atoms with E-state index in [0.29, 0.717) is 17.5 Å². The second kappa shape index (κ2) is 16.9. The van der Waals surface area contributed by atoms with Gasteiger partial charge in [0.25, 0.3) is 0 Å². The molecule has 0 amide bonds. The number of benzene rings is 9. The predicted octanol–water partition coefficient (Wildman–Crippen LogP) is 13.3. The van der Waals surface area contributed by atoms with Crippen LogP contribution in [-0.4, -0.2) is 19.9 Å². The lowest BCUT2D eigenvalue weighted by Crippen LogP contribution is -2.20. The molecule has 0 aliphatic carbocycles. The monoisotopic (exact) mass is 822 g/mol. The van der Waals surface area contributed by atoms with Crippen molar-refractivity contribution in [2.45, 2.75) is 0 Å². The van der Waals surface area contributed by atoms with Gasteiger partial charge in [-0.25, -0.2) is 19.9 Å². The van der Waals surface area contributed by atoms with Crippen LogP contribution in [0.2, 0.25) is 0 Å². The Kier molecular flexibility index (Phi) is 10.2. The highest BCUT2D eigenvalue weighted by Gasteiger charge is 2.19. The van der Waals surface area contributed by atoms with E-state index in [1.165, 1.54) is 32.4 Å². The van der Waals surface area contributed by atoms with Gasteiger partial charge in [0.15, 0.2) is 17.5 Å². The van der Waals surface area contributed by atoms with Crippen molar-refractivity contribution in [1.29, 1.82) is 0 Å². The SMILES string of the molecule is c1ccc(-c2nc(-c3ccc(-c4ccc5c(c4)nc(-c4ccccc4)c4cccc(-c6ccccc6)c45)cc3)nc(-c3ccc(P(c4ccccc4)c4ccccc4)cc3)n2)cc1. The van der Waals surface area contributed by atoms with Crippen LogP contribution < -0.4 is 15.9 Å². The van der Waals surface area contributed by atoms with Crippen molar-refractivity contribution in [2.24, 2.45) is 0 Å². The minimum absolute atomic E-state index is 0.623. The molecule has 296 valence electrons. The Morgan fingerprint density at radius 1 is 0.270 bits per heavy atom. The molecule has 0 radical (unpaired) electrons. The summed E-state index contributed by atoms with van der Waals surface area (Å²) in [7, 11) is -0.734. The van der Waals surface area contributed by atoms with Gasteiger partial charge in [0, 0.05) is 38.4 Å². The highest BCUT2D eigenvalue weighted by atomic mass is 31.1. The predicted molar refractivity (Wildman–Crippen MR) is 264 cm³/mol. The summed E-state index contributed by atoms with van der Waals surface area (Å²) in [5, 5.41) is 7.36. The molecule has 2 aromatic heterocycles. The third-order valence-corrected chi connectivity index (χ3v) is 14.0. The summed E-state index contributed by atoms with van der Waals surface area (Å²) < 4.78 is 0. The van der Waals surface area contributed by atoms with Gasteiger partial charge in [-0.2, -0.15) is 0 Å². The number of rotatable bonds is 9. The Morgan fingerprint density at radius 3 is 1.25 bits per heavy atom. The summed E-state index contributed by atoms with van der Waals surface area (Å²) in [6.45, 7) is 0. The van der Waals surface area contributed by atoms with Gasteiger partial charge >= 0.3 is 0 Å². The first kappa shape index (κ1) is 38.0. The summed E-state index contributed by atoms with van der Waals surface area (Å²) in [5.74, 6) is 1.89. The fourth-order valence-corrected chi connectivity index (χ4v) is 10.7. The van der Waals surface area contributed by atoms with Gasteiger partial charge in [-0.05, 0) is 52.2 Å². The van der Waals surface area contributed by atoms with Crippen LogP contribution in [0.1, 0.15) is 0 Å². The molecule has 4 nitrogen and oxygen atoms in total. The van der Waals surface area contributed by atoms with Crippen LogP contribution >= 0.6 is 7.92 Å². The Bertz CT molecular complexity index is 3310. The fraction of sp³-hybridized carbons (Fsp3) is 0. The van der Waals surface area contributed by atoms with E-state index in [-0.39, 0.29) is 0 Å². The van der Waals surface area contributed by atoms with Gasteiger partial charge in [-0.3, -0.25) is 0 Å². The lowest BCUT2D eigenvalue weighted by atomic mass is 9.92. The molecule has 0 aliphatic heterocycles. The van der Waals surface area contributed by atoms with Crippen molar-refractivity contribution in [1.82, 2.24) is 19.9 Å². The minimum atomic E-state index is -0.734. The van der Waals surface area contributed by atoms with Crippen LogP contribution in [0.3, 0.4) is 0 Å². The maximum absolute atomic E-state index is 5.36. The molecule has 5 heteroatoms. The van der Waals surface area contributed by atoms with Crippen molar-refractivity contribution in [3.05, 3.63) is 237 Å². The molecule has 11 aromatic rings. The van der Waals surface area contributed by atoms with E-state index in [4.69, 9.17) is 19.9 Å². The average molecular weight is 823 g/mol. The first-order valence-corrected chi connectivity index (χ1v) is 22.5. The lowest BCUT2D eigenvalue weighted by molar-refractivity contribution is 1.07. The molecule has 0 N–H and O–H groups in total. The summed E-state index contributed by atoms with van der Waals surface area (Å²) in [4.78, 5) is 20.5. The standard InChI is InChI=1S/C58H39N4P/c1-6-17-41(18-7-1)50-27-16-28-52-54(50)51-38-35-46(39-53(51)59-55(52)42-19-8-2-9-20-42)40-29-31-44(32-30-40)57-60-56(43-21-10-3-11-22-43)61-58(62-57)45-33-36-49(37-34-45)63(47-23-12-4-13-24-47)48-25-14-5-15-26-48/h1-39H. The maximum atomic E-state index is 5.36. The second-order valence-electron chi connectivity index (χ2n) is 15.5. The first-order chi connectivity index (χ1) is 31.2. The molecular formula is C58H39N4P. The van der Waals surface area contributed by atoms with Crippen molar-refractivity contribution in [3.63, 3.8) is 0 Å². The van der Waals surface area contributed by atoms with Crippen LogP contribution in [0.5, 0.6) is 0 Å². The summed E-state index contributed by atoms with van der Waals surface area (Å²) in [5.41, 5.74) is 10.4. The third-order valence-electron chi connectivity index (χ3n) is 11.5. The van der Waals surface area contributed by atoms with E-state index >= 15 is 0 Å². The van der Waals surface area contributed by atoms with Crippen molar-refractivity contribution in [2.75, 3.05) is 0 Å². The molecule has 0 aliphatic rings. The molecule has 0 atom stereocenters. The average Bonchev–Trinajstić information content (AvgIpc) is 3.37. The van der Waals surface area contributed by atoms with Gasteiger partial charge in [0.05, 0.1) is 11.2 Å². The van der Waals surface area contributed by atoms with Crippen molar-refractivity contribution < 1.29 is 0 Å². The molecule has 9 aromatic carbocycles. The summed E-state index contributed by atoms with van der Waals surface area (Å²) in [6.07, 6.45) is 0. The van der Waals surface area contributed by atoms with E-state index in [9.17, 15) is 0 Å². The molecule has 2 heterocycles.